The van der Waals surface area contributed by atoms with Gasteiger partial charge < -0.3 is 9.73 Å². The van der Waals surface area contributed by atoms with Crippen LogP contribution in [0.2, 0.25) is 0 Å². The number of rotatable bonds is 3. The highest BCUT2D eigenvalue weighted by Crippen LogP contribution is 2.33. The van der Waals surface area contributed by atoms with Gasteiger partial charge in [0, 0.05) is 18.0 Å². The Morgan fingerprint density at radius 1 is 1.35 bits per heavy atom. The number of nitrogens with one attached hydrogen (secondary N) is 1. The Hall–Kier alpha value is -0.760. The molecule has 3 rings (SSSR count). The summed E-state index contributed by atoms with van der Waals surface area (Å²) in [6, 6.07) is 2.71. The lowest BCUT2D eigenvalue weighted by Crippen LogP contribution is -2.28. The van der Waals surface area contributed by atoms with Crippen molar-refractivity contribution >= 4 is 0 Å². The van der Waals surface area contributed by atoms with Gasteiger partial charge in [0.15, 0.2) is 0 Å². The Morgan fingerprint density at radius 3 is 3.12 bits per heavy atom. The monoisotopic (exact) mass is 233 g/mol. The average molecular weight is 233 g/mol. The van der Waals surface area contributed by atoms with Crippen molar-refractivity contribution < 1.29 is 4.42 Å². The fourth-order valence-electron chi connectivity index (χ4n) is 3.52. The van der Waals surface area contributed by atoms with Crippen LogP contribution >= 0.6 is 0 Å². The van der Waals surface area contributed by atoms with Gasteiger partial charge in [0.1, 0.15) is 5.76 Å². The molecule has 0 bridgehead atoms. The summed E-state index contributed by atoms with van der Waals surface area (Å²) < 4.78 is 5.54. The van der Waals surface area contributed by atoms with Gasteiger partial charge in [-0.15, -0.1) is 0 Å². The minimum atomic E-state index is 0.549. The molecule has 2 nitrogen and oxygen atoms in total. The van der Waals surface area contributed by atoms with Crippen LogP contribution in [0.5, 0.6) is 0 Å². The number of hydrogen-bond donors (Lipinski definition) is 1. The molecule has 3 unspecified atom stereocenters. The molecule has 94 valence electrons. The van der Waals surface area contributed by atoms with Crippen molar-refractivity contribution in [2.45, 2.75) is 51.5 Å². The summed E-state index contributed by atoms with van der Waals surface area (Å²) in [5, 5.41) is 3.77. The van der Waals surface area contributed by atoms with Crippen LogP contribution in [0.15, 0.2) is 16.7 Å². The molecule has 1 saturated carbocycles. The second-order valence-electron chi connectivity index (χ2n) is 5.94. The van der Waals surface area contributed by atoms with Crippen molar-refractivity contribution in [3.05, 3.63) is 23.7 Å². The fraction of sp³-hybridized carbons (Fsp3) is 0.733. The third kappa shape index (κ3) is 2.42. The van der Waals surface area contributed by atoms with E-state index in [1.54, 1.807) is 0 Å². The van der Waals surface area contributed by atoms with Crippen LogP contribution in [0, 0.1) is 11.8 Å². The van der Waals surface area contributed by atoms with E-state index in [0.717, 1.165) is 18.3 Å². The molecule has 0 spiro atoms. The molecule has 1 N–H and O–H groups in total. The largest absolute Gasteiger partial charge is 0.469 e. The molecule has 0 radical (unpaired) electrons. The molecule has 2 aliphatic rings. The summed E-state index contributed by atoms with van der Waals surface area (Å²) in [5.74, 6) is 3.06. The SMILES string of the molecule is CC1CCC(CNC2CCCc3occc32)C1. The molecule has 0 saturated heterocycles. The zero-order valence-corrected chi connectivity index (χ0v) is 10.7. The predicted molar refractivity (Wildman–Crippen MR) is 68.9 cm³/mol. The highest BCUT2D eigenvalue weighted by atomic mass is 16.3. The van der Waals surface area contributed by atoms with Gasteiger partial charge in [-0.3, -0.25) is 0 Å². The van der Waals surface area contributed by atoms with Crippen molar-refractivity contribution in [2.24, 2.45) is 11.8 Å². The summed E-state index contributed by atoms with van der Waals surface area (Å²) >= 11 is 0. The maximum Gasteiger partial charge on any atom is 0.108 e. The number of aryl methyl sites for hydroxylation is 1. The average Bonchev–Trinajstić information content (AvgIpc) is 2.94. The van der Waals surface area contributed by atoms with E-state index in [1.807, 2.05) is 6.26 Å². The van der Waals surface area contributed by atoms with Gasteiger partial charge in [-0.1, -0.05) is 13.3 Å². The molecule has 1 heterocycles. The third-order valence-corrected chi connectivity index (χ3v) is 4.51. The molecule has 2 aliphatic carbocycles. The lowest BCUT2D eigenvalue weighted by atomic mass is 9.93. The molecule has 0 aromatic carbocycles. The summed E-state index contributed by atoms with van der Waals surface area (Å²) in [5.41, 5.74) is 1.42. The topological polar surface area (TPSA) is 25.2 Å². The first-order valence-electron chi connectivity index (χ1n) is 7.12. The number of fused-ring (bicyclic) bond motifs is 1. The van der Waals surface area contributed by atoms with Crippen LogP contribution in [-0.4, -0.2) is 6.54 Å². The van der Waals surface area contributed by atoms with Crippen molar-refractivity contribution in [3.63, 3.8) is 0 Å². The smallest absolute Gasteiger partial charge is 0.108 e. The fourth-order valence-corrected chi connectivity index (χ4v) is 3.52. The Morgan fingerprint density at radius 2 is 2.29 bits per heavy atom. The van der Waals surface area contributed by atoms with Crippen molar-refractivity contribution in [3.8, 4) is 0 Å². The minimum Gasteiger partial charge on any atom is -0.469 e. The standard InChI is InChI=1S/C15H23NO/c1-11-5-6-12(9-11)10-16-14-3-2-4-15-13(14)7-8-17-15/h7-8,11-12,14,16H,2-6,9-10H2,1H3. The van der Waals surface area contributed by atoms with Crippen molar-refractivity contribution in [1.82, 2.24) is 5.32 Å². The van der Waals surface area contributed by atoms with E-state index in [0.29, 0.717) is 6.04 Å². The normalized spacial score (nSPS) is 32.6. The zero-order chi connectivity index (χ0) is 11.7. The van der Waals surface area contributed by atoms with Gasteiger partial charge in [-0.2, -0.15) is 0 Å². The predicted octanol–water partition coefficient (Wildman–Crippen LogP) is 3.68. The van der Waals surface area contributed by atoms with E-state index >= 15 is 0 Å². The molecule has 0 aliphatic heterocycles. The molecule has 3 atom stereocenters. The highest BCUT2D eigenvalue weighted by molar-refractivity contribution is 5.24. The first-order chi connectivity index (χ1) is 8.33. The second-order valence-corrected chi connectivity index (χ2v) is 5.94. The lowest BCUT2D eigenvalue weighted by Gasteiger charge is -2.24. The first kappa shape index (κ1) is 11.3. The van der Waals surface area contributed by atoms with Crippen LogP contribution in [0.25, 0.3) is 0 Å². The Bertz CT molecular complexity index is 371. The van der Waals surface area contributed by atoms with E-state index in [2.05, 4.69) is 18.3 Å². The highest BCUT2D eigenvalue weighted by Gasteiger charge is 2.25. The molecule has 1 fully saturated rings. The van der Waals surface area contributed by atoms with Crippen molar-refractivity contribution in [1.29, 1.82) is 0 Å². The molecule has 2 heteroatoms. The molecule has 1 aromatic rings. The third-order valence-electron chi connectivity index (χ3n) is 4.51. The Labute approximate surface area is 104 Å². The maximum absolute atomic E-state index is 5.54. The summed E-state index contributed by atoms with van der Waals surface area (Å²) in [6.45, 7) is 3.58. The van der Waals surface area contributed by atoms with Gasteiger partial charge in [0.05, 0.1) is 6.26 Å². The minimum absolute atomic E-state index is 0.549. The van der Waals surface area contributed by atoms with Gasteiger partial charge in [-0.25, -0.2) is 0 Å². The molecule has 17 heavy (non-hydrogen) atoms. The van der Waals surface area contributed by atoms with Gasteiger partial charge in [0.25, 0.3) is 0 Å². The van der Waals surface area contributed by atoms with Crippen LogP contribution in [-0.2, 0) is 6.42 Å². The number of hydrogen-bond acceptors (Lipinski definition) is 2. The molecule has 0 amide bonds. The van der Waals surface area contributed by atoms with Gasteiger partial charge in [0.2, 0.25) is 0 Å². The van der Waals surface area contributed by atoms with E-state index in [9.17, 15) is 0 Å². The Kier molecular flexibility index (Phi) is 3.24. The van der Waals surface area contributed by atoms with E-state index in [1.165, 1.54) is 50.0 Å². The second kappa shape index (κ2) is 4.85. The maximum atomic E-state index is 5.54. The summed E-state index contributed by atoms with van der Waals surface area (Å²) in [6.07, 6.45) is 9.77. The summed E-state index contributed by atoms with van der Waals surface area (Å²) in [7, 11) is 0. The van der Waals surface area contributed by atoms with E-state index < -0.39 is 0 Å². The van der Waals surface area contributed by atoms with Crippen molar-refractivity contribution in [2.75, 3.05) is 6.54 Å². The zero-order valence-electron chi connectivity index (χ0n) is 10.7. The van der Waals surface area contributed by atoms with E-state index in [-0.39, 0.29) is 0 Å². The molecular formula is C15H23NO. The molecule has 1 aromatic heterocycles. The summed E-state index contributed by atoms with van der Waals surface area (Å²) in [4.78, 5) is 0. The van der Waals surface area contributed by atoms with Gasteiger partial charge >= 0.3 is 0 Å². The van der Waals surface area contributed by atoms with Crippen LogP contribution in [0.4, 0.5) is 0 Å². The Balaban J connectivity index is 1.56. The first-order valence-corrected chi connectivity index (χ1v) is 7.12. The lowest BCUT2D eigenvalue weighted by molar-refractivity contribution is 0.378. The quantitative estimate of drug-likeness (QED) is 0.861. The van der Waals surface area contributed by atoms with Gasteiger partial charge in [-0.05, 0) is 50.1 Å². The van der Waals surface area contributed by atoms with Crippen LogP contribution < -0.4 is 5.32 Å². The van der Waals surface area contributed by atoms with E-state index in [4.69, 9.17) is 4.42 Å². The van der Waals surface area contributed by atoms with Crippen LogP contribution in [0.3, 0.4) is 0 Å². The van der Waals surface area contributed by atoms with Crippen LogP contribution in [0.1, 0.15) is 56.4 Å². The number of furan rings is 1. The molecular weight excluding hydrogens is 210 g/mol.